The Morgan fingerprint density at radius 3 is 3.15 bits per heavy atom. The van der Waals surface area contributed by atoms with Gasteiger partial charge in [0.2, 0.25) is 0 Å². The first-order valence-corrected chi connectivity index (χ1v) is 7.08. The number of rotatable bonds is 3. The van der Waals surface area contributed by atoms with E-state index in [0.29, 0.717) is 13.0 Å². The van der Waals surface area contributed by atoms with Gasteiger partial charge in [-0.3, -0.25) is 0 Å². The van der Waals surface area contributed by atoms with Crippen molar-refractivity contribution in [2.45, 2.75) is 38.0 Å². The summed E-state index contributed by atoms with van der Waals surface area (Å²) in [6, 6.07) is 5.63. The normalized spacial score (nSPS) is 23.4. The quantitative estimate of drug-likeness (QED) is 0.890. The number of benzene rings is 1. The Morgan fingerprint density at radius 1 is 1.55 bits per heavy atom. The predicted molar refractivity (Wildman–Crippen MR) is 75.5 cm³/mol. The number of hydrogen-bond donors (Lipinski definition) is 2. The smallest absolute Gasteiger partial charge is 0.321 e. The average Bonchev–Trinajstić information content (AvgIpc) is 2.92. The summed E-state index contributed by atoms with van der Waals surface area (Å²) in [4.78, 5) is 13.2. The molecule has 1 aromatic rings. The summed E-state index contributed by atoms with van der Waals surface area (Å²) in [6.07, 6.45) is 2.41. The third-order valence-electron chi connectivity index (χ3n) is 4.02. The minimum Gasteiger partial charge on any atom is -0.388 e. The van der Waals surface area contributed by atoms with E-state index in [4.69, 9.17) is 4.74 Å². The van der Waals surface area contributed by atoms with Gasteiger partial charge in [0.1, 0.15) is 0 Å². The van der Waals surface area contributed by atoms with Crippen LogP contribution in [-0.4, -0.2) is 35.8 Å². The number of carbonyl (C=O) groups excluding carboxylic acids is 1. The molecule has 5 nitrogen and oxygen atoms in total. The largest absolute Gasteiger partial charge is 0.388 e. The van der Waals surface area contributed by atoms with E-state index < -0.39 is 6.10 Å². The molecule has 3 rings (SSSR count). The van der Waals surface area contributed by atoms with Crippen LogP contribution in [0.25, 0.3) is 0 Å². The molecule has 0 bridgehead atoms. The van der Waals surface area contributed by atoms with E-state index in [9.17, 15) is 9.90 Å². The molecule has 1 saturated heterocycles. The lowest BCUT2D eigenvalue weighted by atomic mass is 9.98. The van der Waals surface area contributed by atoms with Crippen LogP contribution in [-0.2, 0) is 11.3 Å². The van der Waals surface area contributed by atoms with Crippen molar-refractivity contribution in [2.75, 3.05) is 19.0 Å². The number of carbonyl (C=O) groups is 1. The van der Waals surface area contributed by atoms with Crippen molar-refractivity contribution < 1.29 is 14.6 Å². The van der Waals surface area contributed by atoms with Gasteiger partial charge < -0.3 is 20.1 Å². The molecule has 2 heterocycles. The maximum Gasteiger partial charge on any atom is 0.321 e. The second-order valence-corrected chi connectivity index (χ2v) is 5.59. The minimum atomic E-state index is -0.508. The van der Waals surface area contributed by atoms with Gasteiger partial charge in [-0.25, -0.2) is 4.79 Å². The molecule has 1 fully saturated rings. The molecule has 1 aromatic carbocycles. The van der Waals surface area contributed by atoms with Crippen molar-refractivity contribution in [3.63, 3.8) is 0 Å². The van der Waals surface area contributed by atoms with Crippen molar-refractivity contribution in [2.24, 2.45) is 0 Å². The van der Waals surface area contributed by atoms with E-state index in [1.807, 2.05) is 18.2 Å². The number of nitrogens with one attached hydrogen (secondary N) is 1. The molecule has 2 amide bonds. The highest BCUT2D eigenvalue weighted by molar-refractivity contribution is 5.92. The SMILES string of the molecule is CN1Cc2cc(C(O)CC3CCCO3)ccc2NC1=O. The summed E-state index contributed by atoms with van der Waals surface area (Å²) in [5.74, 6) is 0. The van der Waals surface area contributed by atoms with Gasteiger partial charge in [0.25, 0.3) is 0 Å². The molecule has 0 aromatic heterocycles. The third-order valence-corrected chi connectivity index (χ3v) is 4.02. The van der Waals surface area contributed by atoms with Crippen LogP contribution in [0.4, 0.5) is 10.5 Å². The highest BCUT2D eigenvalue weighted by atomic mass is 16.5. The monoisotopic (exact) mass is 276 g/mol. The van der Waals surface area contributed by atoms with Crippen molar-refractivity contribution >= 4 is 11.7 Å². The van der Waals surface area contributed by atoms with Crippen LogP contribution < -0.4 is 5.32 Å². The Morgan fingerprint density at radius 2 is 2.40 bits per heavy atom. The Kier molecular flexibility index (Phi) is 3.63. The van der Waals surface area contributed by atoms with E-state index >= 15 is 0 Å². The second kappa shape index (κ2) is 5.42. The molecule has 2 N–H and O–H groups in total. The number of fused-ring (bicyclic) bond motifs is 1. The van der Waals surface area contributed by atoms with Gasteiger partial charge >= 0.3 is 6.03 Å². The summed E-state index contributed by atoms with van der Waals surface area (Å²) < 4.78 is 5.56. The number of hydrogen-bond acceptors (Lipinski definition) is 3. The highest BCUT2D eigenvalue weighted by Crippen LogP contribution is 2.29. The van der Waals surface area contributed by atoms with Gasteiger partial charge in [-0.15, -0.1) is 0 Å². The van der Waals surface area contributed by atoms with Crippen LogP contribution in [0.1, 0.15) is 36.5 Å². The Labute approximate surface area is 118 Å². The fourth-order valence-electron chi connectivity index (χ4n) is 2.83. The predicted octanol–water partition coefficient (Wildman–Crippen LogP) is 2.27. The minimum absolute atomic E-state index is 0.0924. The molecule has 2 aliphatic heterocycles. The summed E-state index contributed by atoms with van der Waals surface area (Å²) in [5, 5.41) is 13.1. The van der Waals surface area contributed by atoms with E-state index in [-0.39, 0.29) is 12.1 Å². The molecule has 0 saturated carbocycles. The number of anilines is 1. The van der Waals surface area contributed by atoms with Gasteiger partial charge in [-0.05, 0) is 36.1 Å². The summed E-state index contributed by atoms with van der Waals surface area (Å²) in [7, 11) is 1.76. The zero-order valence-electron chi connectivity index (χ0n) is 11.6. The van der Waals surface area contributed by atoms with Gasteiger partial charge in [-0.2, -0.15) is 0 Å². The van der Waals surface area contributed by atoms with Crippen molar-refractivity contribution in [3.8, 4) is 0 Å². The molecule has 0 aliphatic carbocycles. The highest BCUT2D eigenvalue weighted by Gasteiger charge is 2.23. The fourth-order valence-corrected chi connectivity index (χ4v) is 2.83. The maximum atomic E-state index is 11.6. The molecule has 2 unspecified atom stereocenters. The molecule has 5 heteroatoms. The van der Waals surface area contributed by atoms with Gasteiger partial charge in [0, 0.05) is 32.3 Å². The molecule has 108 valence electrons. The lowest BCUT2D eigenvalue weighted by Gasteiger charge is -2.27. The van der Waals surface area contributed by atoms with Gasteiger partial charge in [-0.1, -0.05) is 6.07 Å². The lowest BCUT2D eigenvalue weighted by Crippen LogP contribution is -2.35. The van der Waals surface area contributed by atoms with E-state index in [2.05, 4.69) is 5.32 Å². The first kappa shape index (κ1) is 13.4. The summed E-state index contributed by atoms with van der Waals surface area (Å²) in [5.41, 5.74) is 2.76. The maximum absolute atomic E-state index is 11.6. The van der Waals surface area contributed by atoms with E-state index in [1.165, 1.54) is 0 Å². The summed E-state index contributed by atoms with van der Waals surface area (Å²) >= 11 is 0. The third kappa shape index (κ3) is 2.64. The average molecular weight is 276 g/mol. The number of urea groups is 1. The van der Waals surface area contributed by atoms with Crippen LogP contribution in [0.5, 0.6) is 0 Å². The van der Waals surface area contributed by atoms with Crippen LogP contribution in [0.2, 0.25) is 0 Å². The van der Waals surface area contributed by atoms with Crippen molar-refractivity contribution in [1.82, 2.24) is 4.90 Å². The molecular formula is C15H20N2O3. The molecule has 20 heavy (non-hydrogen) atoms. The lowest BCUT2D eigenvalue weighted by molar-refractivity contribution is 0.0535. The van der Waals surface area contributed by atoms with Crippen molar-refractivity contribution in [1.29, 1.82) is 0 Å². The molecular weight excluding hydrogens is 256 g/mol. The summed E-state index contributed by atoms with van der Waals surface area (Å²) in [6.45, 7) is 1.38. The molecule has 0 radical (unpaired) electrons. The Hall–Kier alpha value is -1.59. The van der Waals surface area contributed by atoms with E-state index in [0.717, 1.165) is 36.3 Å². The standard InChI is InChI=1S/C15H20N2O3/c1-17-9-11-7-10(4-5-13(11)16-15(17)19)14(18)8-12-3-2-6-20-12/h4-5,7,12,14,18H,2-3,6,8-9H2,1H3,(H,16,19). The second-order valence-electron chi connectivity index (χ2n) is 5.59. The first-order chi connectivity index (χ1) is 9.63. The fraction of sp³-hybridized carbons (Fsp3) is 0.533. The molecule has 2 atom stereocenters. The van der Waals surface area contributed by atoms with Crippen LogP contribution >= 0.6 is 0 Å². The van der Waals surface area contributed by atoms with Crippen molar-refractivity contribution in [3.05, 3.63) is 29.3 Å². The number of nitrogens with zero attached hydrogens (tertiary/aromatic N) is 1. The number of aliphatic hydroxyl groups excluding tert-OH is 1. The van der Waals surface area contributed by atoms with Crippen LogP contribution in [0, 0.1) is 0 Å². The van der Waals surface area contributed by atoms with E-state index in [1.54, 1.807) is 11.9 Å². The van der Waals surface area contributed by atoms with Crippen LogP contribution in [0.15, 0.2) is 18.2 Å². The van der Waals surface area contributed by atoms with Gasteiger partial charge in [0.15, 0.2) is 0 Å². The first-order valence-electron chi connectivity index (χ1n) is 7.08. The van der Waals surface area contributed by atoms with Gasteiger partial charge in [0.05, 0.1) is 12.2 Å². The number of ether oxygens (including phenoxy) is 1. The zero-order valence-corrected chi connectivity index (χ0v) is 11.6. The topological polar surface area (TPSA) is 61.8 Å². The Balaban J connectivity index is 1.74. The van der Waals surface area contributed by atoms with Crippen LogP contribution in [0.3, 0.4) is 0 Å². The molecule has 0 spiro atoms. The number of aliphatic hydroxyl groups is 1. The molecule has 2 aliphatic rings. The number of amides is 2. The Bertz CT molecular complexity index is 512. The zero-order chi connectivity index (χ0) is 14.1.